The molecule has 0 aliphatic carbocycles. The van der Waals surface area contributed by atoms with E-state index in [0.29, 0.717) is 10.2 Å². The molecule has 0 radical (unpaired) electrons. The van der Waals surface area contributed by atoms with Crippen LogP contribution in [-0.4, -0.2) is 54.0 Å². The highest BCUT2D eigenvalue weighted by atomic mass is 35.5. The summed E-state index contributed by atoms with van der Waals surface area (Å²) in [6, 6.07) is 8.95. The van der Waals surface area contributed by atoms with Crippen LogP contribution in [0.4, 0.5) is 4.39 Å². The summed E-state index contributed by atoms with van der Waals surface area (Å²) in [5.41, 5.74) is 3.17. The fraction of sp³-hybridized carbons (Fsp3) is 0.364. The van der Waals surface area contributed by atoms with Crippen LogP contribution in [0.2, 0.25) is 5.02 Å². The molecule has 1 aliphatic heterocycles. The minimum atomic E-state index is -0.212. The molecule has 4 rings (SSSR count). The van der Waals surface area contributed by atoms with Crippen LogP contribution in [-0.2, 0) is 17.6 Å². The van der Waals surface area contributed by atoms with Gasteiger partial charge in [-0.1, -0.05) is 35.5 Å². The molecule has 0 spiro atoms. The van der Waals surface area contributed by atoms with Gasteiger partial charge in [0.2, 0.25) is 0 Å². The molecule has 0 unspecified atom stereocenters. The van der Waals surface area contributed by atoms with Gasteiger partial charge in [0.05, 0.1) is 29.3 Å². The van der Waals surface area contributed by atoms with Gasteiger partial charge in [0.1, 0.15) is 11.5 Å². The van der Waals surface area contributed by atoms with Crippen molar-refractivity contribution >= 4 is 34.7 Å². The Hall–Kier alpha value is -1.51. The van der Waals surface area contributed by atoms with Gasteiger partial charge in [-0.05, 0) is 42.0 Å². The van der Waals surface area contributed by atoms with E-state index in [2.05, 4.69) is 20.9 Å². The third kappa shape index (κ3) is 5.39. The molecule has 0 N–H and O–H groups in total. The maximum Gasteiger partial charge on any atom is 0.187 e. The van der Waals surface area contributed by atoms with Crippen molar-refractivity contribution in [2.24, 2.45) is 0 Å². The van der Waals surface area contributed by atoms with Gasteiger partial charge in [-0.15, -0.1) is 11.3 Å². The zero-order valence-corrected chi connectivity index (χ0v) is 19.1. The maximum absolute atomic E-state index is 13.3. The number of morpholine rings is 1. The van der Waals surface area contributed by atoms with Crippen LogP contribution in [0.25, 0.3) is 10.6 Å². The third-order valence-corrected chi connectivity index (χ3v) is 7.14. The molecule has 1 aliphatic rings. The number of hydrogen-bond donors (Lipinski definition) is 0. The van der Waals surface area contributed by atoms with E-state index in [1.54, 1.807) is 17.5 Å². The highest BCUT2D eigenvalue weighted by Gasteiger charge is 2.17. The Morgan fingerprint density at radius 2 is 2.00 bits per heavy atom. The number of rotatable bonds is 7. The Kier molecular flexibility index (Phi) is 7.38. The summed E-state index contributed by atoms with van der Waals surface area (Å²) in [6.07, 6.45) is 5.34. The van der Waals surface area contributed by atoms with Crippen molar-refractivity contribution in [3.63, 3.8) is 0 Å². The molecule has 0 bridgehead atoms. The zero-order valence-electron chi connectivity index (χ0n) is 16.7. The van der Waals surface area contributed by atoms with Crippen LogP contribution < -0.4 is 0 Å². The van der Waals surface area contributed by atoms with Crippen molar-refractivity contribution < 1.29 is 9.13 Å². The monoisotopic (exact) mass is 463 g/mol. The lowest BCUT2D eigenvalue weighted by Crippen LogP contribution is -2.37. The number of hydrogen-bond acceptors (Lipinski definition) is 6. The smallest absolute Gasteiger partial charge is 0.187 e. The van der Waals surface area contributed by atoms with E-state index in [0.717, 1.165) is 61.8 Å². The molecule has 0 amide bonds. The number of halogens is 2. The number of aromatic nitrogens is 2. The molecular formula is C22H23ClFN3OS2. The largest absolute Gasteiger partial charge is 0.379 e. The van der Waals surface area contributed by atoms with Crippen molar-refractivity contribution in [3.8, 4) is 10.6 Å². The molecule has 1 fully saturated rings. The molecule has 2 aromatic heterocycles. The summed E-state index contributed by atoms with van der Waals surface area (Å²) in [5.74, 6) is -0.212. The molecule has 4 nitrogen and oxygen atoms in total. The van der Waals surface area contributed by atoms with E-state index in [-0.39, 0.29) is 5.82 Å². The average molecular weight is 464 g/mol. The number of thioether (sulfide) groups is 1. The van der Waals surface area contributed by atoms with Crippen molar-refractivity contribution in [1.82, 2.24) is 14.9 Å². The number of benzene rings is 1. The van der Waals surface area contributed by atoms with Gasteiger partial charge in [-0.2, -0.15) is 0 Å². The molecule has 0 saturated carbocycles. The molecule has 3 aromatic rings. The van der Waals surface area contributed by atoms with Crippen LogP contribution in [0.15, 0.2) is 41.7 Å². The SMILES string of the molecule is CSc1ncc(Cl)c(-c2cc(CCN3CCOCC3)c(Cc3ccc(F)cc3)s2)n1. The number of nitrogens with zero attached hydrogens (tertiary/aromatic N) is 3. The quantitative estimate of drug-likeness (QED) is 0.356. The highest BCUT2D eigenvalue weighted by molar-refractivity contribution is 7.98. The van der Waals surface area contributed by atoms with Crippen LogP contribution in [0, 0.1) is 5.82 Å². The van der Waals surface area contributed by atoms with Gasteiger partial charge in [0.25, 0.3) is 0 Å². The van der Waals surface area contributed by atoms with E-state index >= 15 is 0 Å². The minimum Gasteiger partial charge on any atom is -0.379 e. The topological polar surface area (TPSA) is 38.2 Å². The molecule has 1 aromatic carbocycles. The lowest BCUT2D eigenvalue weighted by molar-refractivity contribution is 0.0384. The van der Waals surface area contributed by atoms with Crippen molar-refractivity contribution in [1.29, 1.82) is 0 Å². The first-order chi connectivity index (χ1) is 14.6. The third-order valence-electron chi connectivity index (χ3n) is 5.11. The first-order valence-electron chi connectivity index (χ1n) is 9.85. The van der Waals surface area contributed by atoms with Gasteiger partial charge in [-0.25, -0.2) is 14.4 Å². The highest BCUT2D eigenvalue weighted by Crippen LogP contribution is 2.36. The molecule has 8 heteroatoms. The van der Waals surface area contributed by atoms with Gasteiger partial charge < -0.3 is 4.74 Å². The van der Waals surface area contributed by atoms with Crippen LogP contribution in [0.5, 0.6) is 0 Å². The molecule has 3 heterocycles. The van der Waals surface area contributed by atoms with Crippen molar-refractivity contribution in [3.05, 3.63) is 63.4 Å². The normalized spacial score (nSPS) is 14.9. The predicted octanol–water partition coefficient (Wildman–Crippen LogP) is 5.19. The summed E-state index contributed by atoms with van der Waals surface area (Å²) in [4.78, 5) is 13.6. The van der Waals surface area contributed by atoms with E-state index in [1.165, 1.54) is 34.3 Å². The van der Waals surface area contributed by atoms with Crippen LogP contribution >= 0.6 is 34.7 Å². The van der Waals surface area contributed by atoms with Crippen LogP contribution in [0.1, 0.15) is 16.0 Å². The maximum atomic E-state index is 13.3. The Labute approximate surface area is 189 Å². The predicted molar refractivity (Wildman–Crippen MR) is 122 cm³/mol. The van der Waals surface area contributed by atoms with E-state index in [4.69, 9.17) is 16.3 Å². The summed E-state index contributed by atoms with van der Waals surface area (Å²) < 4.78 is 18.8. The molecular weight excluding hydrogens is 441 g/mol. The standard InChI is InChI=1S/C22H23ClFN3OS2/c1-29-22-25-14-18(23)21(26-22)20-13-16(6-7-27-8-10-28-11-9-27)19(30-20)12-15-2-4-17(24)5-3-15/h2-5,13-14H,6-12H2,1H3. The van der Waals surface area contributed by atoms with E-state index in [1.807, 2.05) is 18.4 Å². The molecule has 1 saturated heterocycles. The molecule has 158 valence electrons. The van der Waals surface area contributed by atoms with Crippen LogP contribution in [0.3, 0.4) is 0 Å². The summed E-state index contributed by atoms with van der Waals surface area (Å²) in [5, 5.41) is 1.26. The Bertz CT molecular complexity index is 991. The second-order valence-electron chi connectivity index (χ2n) is 7.12. The van der Waals surface area contributed by atoms with Crippen molar-refractivity contribution in [2.75, 3.05) is 39.1 Å². The van der Waals surface area contributed by atoms with Gasteiger partial charge in [0, 0.05) is 30.9 Å². The van der Waals surface area contributed by atoms with E-state index in [9.17, 15) is 4.39 Å². The first-order valence-corrected chi connectivity index (χ1v) is 12.3. The fourth-order valence-corrected chi connectivity index (χ4v) is 5.30. The summed E-state index contributed by atoms with van der Waals surface area (Å²) >= 11 is 9.65. The van der Waals surface area contributed by atoms with Gasteiger partial charge in [0.15, 0.2) is 5.16 Å². The minimum absolute atomic E-state index is 0.212. The molecule has 30 heavy (non-hydrogen) atoms. The Morgan fingerprint density at radius 1 is 1.23 bits per heavy atom. The van der Waals surface area contributed by atoms with Gasteiger partial charge >= 0.3 is 0 Å². The lowest BCUT2D eigenvalue weighted by Gasteiger charge is -2.26. The second-order valence-corrected chi connectivity index (χ2v) is 9.44. The second kappa shape index (κ2) is 10.2. The lowest BCUT2D eigenvalue weighted by atomic mass is 10.1. The number of ether oxygens (including phenoxy) is 1. The summed E-state index contributed by atoms with van der Waals surface area (Å²) in [7, 11) is 0. The fourth-order valence-electron chi connectivity index (χ4n) is 3.46. The van der Waals surface area contributed by atoms with E-state index < -0.39 is 0 Å². The molecule has 0 atom stereocenters. The Balaban J connectivity index is 1.62. The number of thiophene rings is 1. The summed E-state index contributed by atoms with van der Waals surface area (Å²) in [6.45, 7) is 4.53. The van der Waals surface area contributed by atoms with Gasteiger partial charge in [-0.3, -0.25) is 4.90 Å². The zero-order chi connectivity index (χ0) is 20.9. The Morgan fingerprint density at radius 3 is 2.73 bits per heavy atom. The first kappa shape index (κ1) is 21.7. The average Bonchev–Trinajstić information content (AvgIpc) is 3.17. The van der Waals surface area contributed by atoms with Crippen molar-refractivity contribution in [2.45, 2.75) is 18.0 Å².